The Labute approximate surface area is 211 Å². The molecule has 0 aliphatic heterocycles. The third kappa shape index (κ3) is 5.76. The van der Waals surface area contributed by atoms with Gasteiger partial charge in [0.25, 0.3) is 5.91 Å². The largest absolute Gasteiger partial charge is 0.492 e. The van der Waals surface area contributed by atoms with Crippen molar-refractivity contribution in [3.63, 3.8) is 0 Å². The molecule has 1 aliphatic carbocycles. The molecule has 1 amide bonds. The number of rotatable bonds is 7. The van der Waals surface area contributed by atoms with Crippen LogP contribution in [0.25, 0.3) is 0 Å². The topological polar surface area (TPSA) is 64.6 Å². The van der Waals surface area contributed by atoms with E-state index in [0.29, 0.717) is 34.4 Å². The Balaban J connectivity index is 1.54. The van der Waals surface area contributed by atoms with Gasteiger partial charge in [-0.2, -0.15) is 0 Å². The molecule has 1 heterocycles. The van der Waals surface area contributed by atoms with Gasteiger partial charge in [-0.1, -0.05) is 63.2 Å². The molecule has 0 bridgehead atoms. The molecule has 1 N–H and O–H groups in total. The maximum Gasteiger partial charge on any atom is 0.341 e. The average Bonchev–Trinajstić information content (AvgIpc) is 3.21. The number of hydrogen-bond acceptors (Lipinski definition) is 5. The van der Waals surface area contributed by atoms with Gasteiger partial charge in [0.2, 0.25) is 0 Å². The van der Waals surface area contributed by atoms with Gasteiger partial charge in [0.15, 0.2) is 0 Å². The van der Waals surface area contributed by atoms with Crippen molar-refractivity contribution in [2.24, 2.45) is 11.3 Å². The van der Waals surface area contributed by atoms with Gasteiger partial charge in [-0.05, 0) is 53.9 Å². The average molecular weight is 492 g/mol. The van der Waals surface area contributed by atoms with Crippen molar-refractivity contribution >= 4 is 28.2 Å². The van der Waals surface area contributed by atoms with Crippen molar-refractivity contribution in [2.45, 2.75) is 46.5 Å². The minimum absolute atomic E-state index is 0.187. The summed E-state index contributed by atoms with van der Waals surface area (Å²) in [6.45, 7) is 7.24. The molecule has 2 aromatic carbocycles. The lowest BCUT2D eigenvalue weighted by Crippen LogP contribution is -2.26. The smallest absolute Gasteiger partial charge is 0.341 e. The van der Waals surface area contributed by atoms with Crippen LogP contribution >= 0.6 is 11.3 Å². The molecule has 5 nitrogen and oxygen atoms in total. The van der Waals surface area contributed by atoms with Gasteiger partial charge in [-0.25, -0.2) is 4.79 Å². The van der Waals surface area contributed by atoms with E-state index in [2.05, 4.69) is 38.2 Å². The molecular formula is C29H33NO4S. The van der Waals surface area contributed by atoms with E-state index in [1.165, 1.54) is 28.9 Å². The highest BCUT2D eigenvalue weighted by Gasteiger charge is 2.34. The van der Waals surface area contributed by atoms with E-state index in [4.69, 9.17) is 9.47 Å². The van der Waals surface area contributed by atoms with Crippen LogP contribution in [0, 0.1) is 11.3 Å². The number of carbonyl (C=O) groups is 2. The molecule has 0 saturated carbocycles. The summed E-state index contributed by atoms with van der Waals surface area (Å²) in [5.74, 6) is 0.354. The number of methoxy groups -OCH3 is 1. The van der Waals surface area contributed by atoms with E-state index in [0.717, 1.165) is 31.2 Å². The Morgan fingerprint density at radius 1 is 1.06 bits per heavy atom. The number of ether oxygens (including phenoxy) is 2. The molecule has 1 aliphatic rings. The van der Waals surface area contributed by atoms with Crippen LogP contribution in [0.1, 0.15) is 63.9 Å². The minimum Gasteiger partial charge on any atom is -0.492 e. The van der Waals surface area contributed by atoms with E-state index in [1.54, 1.807) is 12.1 Å². The highest BCUT2D eigenvalue weighted by molar-refractivity contribution is 7.17. The van der Waals surface area contributed by atoms with Crippen LogP contribution in [0.4, 0.5) is 5.00 Å². The summed E-state index contributed by atoms with van der Waals surface area (Å²) in [6, 6.07) is 17.3. The van der Waals surface area contributed by atoms with Gasteiger partial charge >= 0.3 is 5.97 Å². The Morgan fingerprint density at radius 2 is 1.77 bits per heavy atom. The number of para-hydroxylation sites is 1. The normalized spacial score (nSPS) is 15.3. The van der Waals surface area contributed by atoms with Gasteiger partial charge < -0.3 is 14.8 Å². The summed E-state index contributed by atoms with van der Waals surface area (Å²) < 4.78 is 11.1. The minimum atomic E-state index is -0.403. The maximum absolute atomic E-state index is 13.3. The van der Waals surface area contributed by atoms with Crippen molar-refractivity contribution < 1.29 is 19.1 Å². The van der Waals surface area contributed by atoms with Crippen LogP contribution in [-0.4, -0.2) is 25.6 Å². The van der Waals surface area contributed by atoms with E-state index in [-0.39, 0.29) is 11.3 Å². The van der Waals surface area contributed by atoms with Gasteiger partial charge in [0.05, 0.1) is 24.8 Å². The predicted octanol–water partition coefficient (Wildman–Crippen LogP) is 6.56. The molecule has 0 spiro atoms. The quantitative estimate of drug-likeness (QED) is 0.380. The second-order valence-corrected chi connectivity index (χ2v) is 11.1. The monoisotopic (exact) mass is 491 g/mol. The Morgan fingerprint density at radius 3 is 2.49 bits per heavy atom. The number of hydrogen-bond donors (Lipinski definition) is 1. The molecular weight excluding hydrogens is 458 g/mol. The summed E-state index contributed by atoms with van der Waals surface area (Å²) in [4.78, 5) is 27.2. The number of carbonyl (C=O) groups excluding carboxylic acids is 2. The SMILES string of the molecule is COC(=O)c1c(NC(=O)c2ccccc2OCCc2ccccc2)sc2c1CCC(C(C)(C)C)C2. The zero-order valence-corrected chi connectivity index (χ0v) is 21.7. The first-order valence-corrected chi connectivity index (χ1v) is 12.9. The molecule has 1 aromatic heterocycles. The van der Waals surface area contributed by atoms with Crippen LogP contribution in [0.15, 0.2) is 54.6 Å². The molecule has 35 heavy (non-hydrogen) atoms. The van der Waals surface area contributed by atoms with Crippen molar-refractivity contribution in [3.05, 3.63) is 81.7 Å². The summed E-state index contributed by atoms with van der Waals surface area (Å²) in [5, 5.41) is 3.56. The lowest BCUT2D eigenvalue weighted by Gasteiger charge is -2.33. The molecule has 0 saturated heterocycles. The van der Waals surface area contributed by atoms with E-state index < -0.39 is 5.97 Å². The Kier molecular flexibility index (Phi) is 7.60. The van der Waals surface area contributed by atoms with Gasteiger partial charge in [-0.3, -0.25) is 4.79 Å². The van der Waals surface area contributed by atoms with Crippen molar-refractivity contribution in [1.29, 1.82) is 0 Å². The number of thiophene rings is 1. The van der Waals surface area contributed by atoms with Gasteiger partial charge in [0.1, 0.15) is 10.8 Å². The summed E-state index contributed by atoms with van der Waals surface area (Å²) in [6.07, 6.45) is 3.48. The molecule has 1 atom stereocenters. The second kappa shape index (κ2) is 10.6. The first kappa shape index (κ1) is 25.0. The van der Waals surface area contributed by atoms with Crippen molar-refractivity contribution in [3.8, 4) is 5.75 Å². The maximum atomic E-state index is 13.3. The first-order valence-electron chi connectivity index (χ1n) is 12.1. The summed E-state index contributed by atoms with van der Waals surface area (Å²) in [5.41, 5.74) is 3.32. The van der Waals surface area contributed by atoms with Gasteiger partial charge in [-0.15, -0.1) is 11.3 Å². The number of fused-ring (bicyclic) bond motifs is 1. The lowest BCUT2D eigenvalue weighted by molar-refractivity contribution is 0.0600. The van der Waals surface area contributed by atoms with Crippen LogP contribution < -0.4 is 10.1 Å². The highest BCUT2D eigenvalue weighted by Crippen LogP contribution is 2.44. The fourth-order valence-electron chi connectivity index (χ4n) is 4.61. The van der Waals surface area contributed by atoms with Crippen molar-refractivity contribution in [1.82, 2.24) is 0 Å². The Bertz CT molecular complexity index is 1190. The van der Waals surface area contributed by atoms with Crippen molar-refractivity contribution in [2.75, 3.05) is 19.0 Å². The van der Waals surface area contributed by atoms with E-state index >= 15 is 0 Å². The summed E-state index contributed by atoms with van der Waals surface area (Å²) >= 11 is 1.50. The molecule has 4 rings (SSSR count). The number of esters is 1. The number of amides is 1. The third-order valence-corrected chi connectivity index (χ3v) is 7.90. The highest BCUT2D eigenvalue weighted by atomic mass is 32.1. The molecule has 0 fully saturated rings. The Hall–Kier alpha value is -3.12. The van der Waals surface area contributed by atoms with E-state index in [1.807, 2.05) is 30.3 Å². The fraction of sp³-hybridized carbons (Fsp3) is 0.379. The number of nitrogens with one attached hydrogen (secondary N) is 1. The third-order valence-electron chi connectivity index (χ3n) is 6.73. The molecule has 0 radical (unpaired) electrons. The molecule has 6 heteroatoms. The van der Waals surface area contributed by atoms with Gasteiger partial charge in [0, 0.05) is 11.3 Å². The second-order valence-electron chi connectivity index (χ2n) is 10.0. The van der Waals surface area contributed by atoms with E-state index in [9.17, 15) is 9.59 Å². The fourth-order valence-corrected chi connectivity index (χ4v) is 5.92. The van der Waals surface area contributed by atoms with Crippen LogP contribution in [0.2, 0.25) is 0 Å². The lowest BCUT2D eigenvalue weighted by atomic mass is 9.72. The van der Waals surface area contributed by atoms with Crippen LogP contribution in [-0.2, 0) is 24.0 Å². The molecule has 184 valence electrons. The van der Waals surface area contributed by atoms with Crippen LogP contribution in [0.5, 0.6) is 5.75 Å². The molecule has 3 aromatic rings. The zero-order valence-electron chi connectivity index (χ0n) is 20.9. The molecule has 1 unspecified atom stereocenters. The zero-order chi connectivity index (χ0) is 25.0. The van der Waals surface area contributed by atoms with Crippen LogP contribution in [0.3, 0.4) is 0 Å². The first-order chi connectivity index (χ1) is 16.8. The number of benzene rings is 2. The predicted molar refractivity (Wildman–Crippen MR) is 141 cm³/mol. The summed E-state index contributed by atoms with van der Waals surface area (Å²) in [7, 11) is 1.38. The standard InChI is InChI=1S/C29H33NO4S/c1-29(2,3)20-14-15-22-24(18-20)35-27(25(22)28(32)33-4)30-26(31)21-12-8-9-13-23(21)34-17-16-19-10-6-5-7-11-19/h5-13,20H,14-18H2,1-4H3,(H,30,31). The number of anilines is 1.